The lowest BCUT2D eigenvalue weighted by Gasteiger charge is -2.11. The molecule has 146 valence electrons. The molecule has 0 fully saturated rings. The van der Waals surface area contributed by atoms with Gasteiger partial charge in [-0.3, -0.25) is 9.48 Å². The Labute approximate surface area is 165 Å². The van der Waals surface area contributed by atoms with Gasteiger partial charge in [0.05, 0.1) is 43.4 Å². The highest BCUT2D eigenvalue weighted by Gasteiger charge is 2.18. The van der Waals surface area contributed by atoms with Gasteiger partial charge >= 0.3 is 0 Å². The molecule has 0 unspecified atom stereocenters. The second kappa shape index (κ2) is 8.17. The van der Waals surface area contributed by atoms with Gasteiger partial charge in [0.15, 0.2) is 0 Å². The molecule has 0 saturated carbocycles. The van der Waals surface area contributed by atoms with E-state index in [2.05, 4.69) is 35.5 Å². The first kappa shape index (κ1) is 19.5. The Morgan fingerprint density at radius 1 is 1.07 bits per heavy atom. The molecule has 1 amide bonds. The van der Waals surface area contributed by atoms with Crippen LogP contribution in [0.2, 0.25) is 0 Å². The van der Waals surface area contributed by atoms with E-state index in [1.54, 1.807) is 25.3 Å². The van der Waals surface area contributed by atoms with E-state index in [1.807, 2.05) is 24.6 Å². The maximum atomic E-state index is 12.8. The van der Waals surface area contributed by atoms with Crippen LogP contribution in [0.3, 0.4) is 0 Å². The molecular formula is C22H25N3O3. The van der Waals surface area contributed by atoms with E-state index >= 15 is 0 Å². The van der Waals surface area contributed by atoms with Gasteiger partial charge in [-0.1, -0.05) is 29.8 Å². The van der Waals surface area contributed by atoms with E-state index in [-0.39, 0.29) is 5.91 Å². The average molecular weight is 379 g/mol. The lowest BCUT2D eigenvalue weighted by atomic mass is 10.1. The monoisotopic (exact) mass is 379 g/mol. The lowest BCUT2D eigenvalue weighted by molar-refractivity contribution is 0.102. The summed E-state index contributed by atoms with van der Waals surface area (Å²) < 4.78 is 12.4. The number of hydrogen-bond donors (Lipinski definition) is 1. The maximum Gasteiger partial charge on any atom is 0.259 e. The van der Waals surface area contributed by atoms with Gasteiger partial charge in [-0.2, -0.15) is 5.10 Å². The number of aryl methyl sites for hydroxylation is 2. The Balaban J connectivity index is 1.85. The van der Waals surface area contributed by atoms with Crippen LogP contribution in [-0.2, 0) is 6.54 Å². The smallest absolute Gasteiger partial charge is 0.259 e. The predicted molar refractivity (Wildman–Crippen MR) is 109 cm³/mol. The van der Waals surface area contributed by atoms with Crippen molar-refractivity contribution in [1.29, 1.82) is 0 Å². The summed E-state index contributed by atoms with van der Waals surface area (Å²) in [5, 5.41) is 7.58. The number of benzene rings is 2. The van der Waals surface area contributed by atoms with Crippen molar-refractivity contribution in [2.24, 2.45) is 0 Å². The minimum Gasteiger partial charge on any atom is -0.497 e. The molecule has 0 atom stereocenters. The fraction of sp³-hybridized carbons (Fsp3) is 0.273. The number of aromatic nitrogens is 2. The molecule has 1 N–H and O–H groups in total. The fourth-order valence-electron chi connectivity index (χ4n) is 3.18. The first-order chi connectivity index (χ1) is 13.4. The Hall–Kier alpha value is -3.28. The van der Waals surface area contributed by atoms with Crippen LogP contribution in [0.15, 0.2) is 42.5 Å². The largest absolute Gasteiger partial charge is 0.497 e. The van der Waals surface area contributed by atoms with Crippen molar-refractivity contribution in [3.8, 4) is 11.5 Å². The molecule has 0 spiro atoms. The zero-order valence-corrected chi connectivity index (χ0v) is 16.9. The van der Waals surface area contributed by atoms with Crippen LogP contribution in [0.25, 0.3) is 0 Å². The van der Waals surface area contributed by atoms with Gasteiger partial charge in [0.2, 0.25) is 0 Å². The normalized spacial score (nSPS) is 10.6. The van der Waals surface area contributed by atoms with Gasteiger partial charge in [0, 0.05) is 6.07 Å². The standard InChI is InChI=1S/C22H25N3O3/c1-14-7-6-8-17(11-14)13-25-16(3)21(15(2)24-25)23-22(26)19-10-9-18(27-4)12-20(19)28-5/h6-12H,13H2,1-5H3,(H,23,26). The molecule has 0 bridgehead atoms. The second-order valence-corrected chi connectivity index (χ2v) is 6.71. The molecule has 2 aromatic carbocycles. The number of carbonyl (C=O) groups is 1. The first-order valence-electron chi connectivity index (χ1n) is 9.06. The maximum absolute atomic E-state index is 12.8. The minimum absolute atomic E-state index is 0.249. The van der Waals surface area contributed by atoms with E-state index < -0.39 is 0 Å². The molecule has 0 saturated heterocycles. The average Bonchev–Trinajstić information content (AvgIpc) is 2.94. The molecule has 0 aliphatic rings. The van der Waals surface area contributed by atoms with Gasteiger partial charge in [-0.15, -0.1) is 0 Å². The fourth-order valence-corrected chi connectivity index (χ4v) is 3.18. The molecule has 6 nitrogen and oxygen atoms in total. The predicted octanol–water partition coefficient (Wildman–Crippen LogP) is 4.13. The Bertz CT molecular complexity index is 1010. The molecule has 28 heavy (non-hydrogen) atoms. The van der Waals surface area contributed by atoms with Crippen molar-refractivity contribution in [2.45, 2.75) is 27.3 Å². The third-order valence-corrected chi connectivity index (χ3v) is 4.69. The van der Waals surface area contributed by atoms with Crippen LogP contribution in [-0.4, -0.2) is 29.9 Å². The molecule has 3 rings (SSSR count). The summed E-state index contributed by atoms with van der Waals surface area (Å²) in [7, 11) is 3.10. The zero-order chi connectivity index (χ0) is 20.3. The Kier molecular flexibility index (Phi) is 5.68. The van der Waals surface area contributed by atoms with Crippen LogP contribution in [0.5, 0.6) is 11.5 Å². The third-order valence-electron chi connectivity index (χ3n) is 4.69. The number of amides is 1. The number of anilines is 1. The van der Waals surface area contributed by atoms with E-state index in [9.17, 15) is 4.79 Å². The van der Waals surface area contributed by atoms with Gasteiger partial charge in [-0.25, -0.2) is 0 Å². The molecule has 3 aromatic rings. The van der Waals surface area contributed by atoms with Crippen molar-refractivity contribution in [1.82, 2.24) is 9.78 Å². The lowest BCUT2D eigenvalue weighted by Crippen LogP contribution is -2.14. The van der Waals surface area contributed by atoms with Crippen molar-refractivity contribution >= 4 is 11.6 Å². The summed E-state index contributed by atoms with van der Waals surface area (Å²) in [6.45, 7) is 6.56. The summed E-state index contributed by atoms with van der Waals surface area (Å²) >= 11 is 0. The number of methoxy groups -OCH3 is 2. The number of nitrogens with one attached hydrogen (secondary N) is 1. The number of hydrogen-bond acceptors (Lipinski definition) is 4. The molecule has 1 heterocycles. The molecule has 1 aromatic heterocycles. The van der Waals surface area contributed by atoms with Gasteiger partial charge < -0.3 is 14.8 Å². The van der Waals surface area contributed by atoms with E-state index in [4.69, 9.17) is 9.47 Å². The number of rotatable bonds is 6. The Morgan fingerprint density at radius 2 is 1.86 bits per heavy atom. The van der Waals surface area contributed by atoms with Crippen LogP contribution in [0.4, 0.5) is 5.69 Å². The van der Waals surface area contributed by atoms with Crippen LogP contribution < -0.4 is 14.8 Å². The summed E-state index contributed by atoms with van der Waals surface area (Å²) in [4.78, 5) is 12.8. The summed E-state index contributed by atoms with van der Waals surface area (Å²) in [5.74, 6) is 0.840. The number of nitrogens with zero attached hydrogens (tertiary/aromatic N) is 2. The summed E-state index contributed by atoms with van der Waals surface area (Å²) in [6.07, 6.45) is 0. The molecule has 0 radical (unpaired) electrons. The van der Waals surface area contributed by atoms with E-state index in [0.29, 0.717) is 23.6 Å². The quantitative estimate of drug-likeness (QED) is 0.699. The third kappa shape index (κ3) is 4.01. The highest BCUT2D eigenvalue weighted by molar-refractivity contribution is 6.06. The van der Waals surface area contributed by atoms with Gasteiger partial charge in [-0.05, 0) is 38.5 Å². The molecule has 0 aliphatic heterocycles. The summed E-state index contributed by atoms with van der Waals surface area (Å²) in [6, 6.07) is 13.4. The van der Waals surface area contributed by atoms with E-state index in [1.165, 1.54) is 18.2 Å². The van der Waals surface area contributed by atoms with Crippen molar-refractivity contribution in [3.05, 3.63) is 70.5 Å². The Morgan fingerprint density at radius 3 is 2.54 bits per heavy atom. The topological polar surface area (TPSA) is 65.4 Å². The highest BCUT2D eigenvalue weighted by atomic mass is 16.5. The highest BCUT2D eigenvalue weighted by Crippen LogP contribution is 2.27. The zero-order valence-electron chi connectivity index (χ0n) is 16.9. The molecular weight excluding hydrogens is 354 g/mol. The van der Waals surface area contributed by atoms with Gasteiger partial charge in [0.1, 0.15) is 11.5 Å². The van der Waals surface area contributed by atoms with Crippen LogP contribution >= 0.6 is 0 Å². The van der Waals surface area contributed by atoms with Crippen LogP contribution in [0, 0.1) is 20.8 Å². The minimum atomic E-state index is -0.249. The van der Waals surface area contributed by atoms with Crippen molar-refractivity contribution in [3.63, 3.8) is 0 Å². The SMILES string of the molecule is COc1ccc(C(=O)Nc2c(C)nn(Cc3cccc(C)c3)c2C)c(OC)c1. The molecule has 6 heteroatoms. The van der Waals surface area contributed by atoms with Crippen molar-refractivity contribution in [2.75, 3.05) is 19.5 Å². The molecule has 0 aliphatic carbocycles. The first-order valence-corrected chi connectivity index (χ1v) is 9.06. The van der Waals surface area contributed by atoms with Crippen LogP contribution in [0.1, 0.15) is 32.9 Å². The number of carbonyl (C=O) groups excluding carboxylic acids is 1. The second-order valence-electron chi connectivity index (χ2n) is 6.71. The number of ether oxygens (including phenoxy) is 2. The van der Waals surface area contributed by atoms with E-state index in [0.717, 1.165) is 17.1 Å². The summed E-state index contributed by atoms with van der Waals surface area (Å²) in [5.41, 5.74) is 5.20. The van der Waals surface area contributed by atoms with Gasteiger partial charge in [0.25, 0.3) is 5.91 Å². The van der Waals surface area contributed by atoms with Crippen molar-refractivity contribution < 1.29 is 14.3 Å².